The van der Waals surface area contributed by atoms with Crippen molar-refractivity contribution in [2.45, 2.75) is 174 Å². The number of esters is 2. The van der Waals surface area contributed by atoms with E-state index < -0.39 is 106 Å². The molecule has 1 aliphatic heterocycles. The van der Waals surface area contributed by atoms with E-state index in [9.17, 15) is 24.6 Å². The maximum absolute atomic E-state index is 15.8. The zero-order valence-electron chi connectivity index (χ0n) is 32.8. The Balaban J connectivity index is 2.16. The summed E-state index contributed by atoms with van der Waals surface area (Å²) in [5.74, 6) is -3.39. The molecule has 51 heavy (non-hydrogen) atoms. The van der Waals surface area contributed by atoms with Crippen LogP contribution in [0.15, 0.2) is 11.1 Å². The Morgan fingerprint density at radius 2 is 1.41 bits per heavy atom. The molecule has 0 radical (unpaired) electrons. The van der Waals surface area contributed by atoms with E-state index in [2.05, 4.69) is 20.8 Å². The quantitative estimate of drug-likeness (QED) is 0.0980. The summed E-state index contributed by atoms with van der Waals surface area (Å²) in [7, 11) is -4.87. The molecule has 12 nitrogen and oxygen atoms in total. The predicted octanol–water partition coefficient (Wildman–Crippen LogP) is 5.98. The summed E-state index contributed by atoms with van der Waals surface area (Å²) in [4.78, 5) is 54.7. The maximum atomic E-state index is 15.8. The Bertz CT molecular complexity index is 1390. The van der Waals surface area contributed by atoms with E-state index in [-0.39, 0.29) is 12.8 Å². The van der Waals surface area contributed by atoms with Crippen molar-refractivity contribution in [1.82, 2.24) is 0 Å². The van der Waals surface area contributed by atoms with Crippen molar-refractivity contribution < 1.29 is 57.2 Å². The number of rotatable bonds is 13. The molecule has 1 unspecified atom stereocenters. The maximum Gasteiger partial charge on any atom is 0.509 e. The van der Waals surface area contributed by atoms with Gasteiger partial charge in [0.1, 0.15) is 12.2 Å². The molecule has 1 spiro atoms. The van der Waals surface area contributed by atoms with Crippen LogP contribution in [0.2, 0.25) is 36.3 Å². The van der Waals surface area contributed by atoms with Gasteiger partial charge >= 0.3 is 18.1 Å². The van der Waals surface area contributed by atoms with Crippen LogP contribution in [-0.4, -0.2) is 99.1 Å². The summed E-state index contributed by atoms with van der Waals surface area (Å²) < 4.78 is 38.3. The molecule has 0 amide bonds. The molecule has 1 saturated heterocycles. The summed E-state index contributed by atoms with van der Waals surface area (Å²) in [6, 6.07) is 4.67. The van der Waals surface area contributed by atoms with Gasteiger partial charge in [0.15, 0.2) is 40.2 Å². The van der Waals surface area contributed by atoms with Crippen molar-refractivity contribution in [3.63, 3.8) is 0 Å². The number of fused-ring (bicyclic) bond motifs is 3. The van der Waals surface area contributed by atoms with Crippen LogP contribution in [0.4, 0.5) is 4.79 Å². The average Bonchev–Trinajstić information content (AvgIpc) is 3.41. The molecule has 14 heteroatoms. The fourth-order valence-corrected chi connectivity index (χ4v) is 15.8. The van der Waals surface area contributed by atoms with E-state index in [4.69, 9.17) is 27.8 Å². The van der Waals surface area contributed by atoms with Crippen LogP contribution in [-0.2, 0) is 42.2 Å². The number of carbonyl (C=O) groups excluding carboxylic acids is 4. The van der Waals surface area contributed by atoms with Gasteiger partial charge in [-0.25, -0.2) is 4.79 Å². The number of aliphatic hydroxyl groups is 2. The highest BCUT2D eigenvalue weighted by atomic mass is 28.4. The Hall–Kier alpha value is -2.11. The summed E-state index contributed by atoms with van der Waals surface area (Å²) in [5, 5.41) is 24.8. The minimum absolute atomic E-state index is 0.122. The summed E-state index contributed by atoms with van der Waals surface area (Å²) in [5.41, 5.74) is -5.66. The molecule has 290 valence electrons. The monoisotopic (exact) mass is 754 g/mol. The largest absolute Gasteiger partial charge is 0.509 e. The van der Waals surface area contributed by atoms with Crippen LogP contribution >= 0.6 is 0 Å². The van der Waals surface area contributed by atoms with Gasteiger partial charge in [-0.15, -0.1) is 0 Å². The van der Waals surface area contributed by atoms with E-state index >= 15 is 4.79 Å². The summed E-state index contributed by atoms with van der Waals surface area (Å²) >= 11 is 0. The van der Waals surface area contributed by atoms with Crippen LogP contribution in [0.1, 0.15) is 95.9 Å². The zero-order valence-corrected chi connectivity index (χ0v) is 34.8. The molecule has 3 aliphatic carbocycles. The third-order valence-electron chi connectivity index (χ3n) is 13.7. The van der Waals surface area contributed by atoms with Crippen molar-refractivity contribution in [2.75, 3.05) is 6.61 Å². The average molecular weight is 755 g/mol. The molecule has 2 N–H and O–H groups in total. The lowest BCUT2D eigenvalue weighted by molar-refractivity contribution is -0.264. The van der Waals surface area contributed by atoms with E-state index in [1.165, 1.54) is 13.8 Å². The number of ketones is 1. The van der Waals surface area contributed by atoms with Gasteiger partial charge in [-0.05, 0) is 61.3 Å². The Kier molecular flexibility index (Phi) is 11.9. The summed E-state index contributed by atoms with van der Waals surface area (Å²) in [6.45, 7) is 21.4. The van der Waals surface area contributed by atoms with Gasteiger partial charge in [0.05, 0.1) is 23.7 Å². The van der Waals surface area contributed by atoms with Gasteiger partial charge < -0.3 is 38.0 Å². The van der Waals surface area contributed by atoms with Crippen LogP contribution in [0.5, 0.6) is 0 Å². The van der Waals surface area contributed by atoms with Gasteiger partial charge in [-0.3, -0.25) is 14.4 Å². The van der Waals surface area contributed by atoms with Crippen LogP contribution in [0, 0.1) is 16.7 Å². The molecule has 0 aromatic heterocycles. The van der Waals surface area contributed by atoms with Gasteiger partial charge in [-0.2, -0.15) is 0 Å². The zero-order chi connectivity index (χ0) is 38.5. The molecule has 4 rings (SSSR count). The van der Waals surface area contributed by atoms with Crippen molar-refractivity contribution in [3.8, 4) is 0 Å². The topological polar surface area (TPSA) is 164 Å². The van der Waals surface area contributed by atoms with Crippen LogP contribution in [0.25, 0.3) is 0 Å². The Morgan fingerprint density at radius 3 is 1.90 bits per heavy atom. The SMILES string of the molecule is CC[Si](CC)(CC)O[C@H]1C[C@@]23OC(=O)O[C@H]2[C@H]2[C@](C)(C(=O)[C@H](OC(C)=O)C(=C1C)C3(C)C)[C@@H](O[Si](CC)(CC)CC)CC(O)[C@@]2(O)COC(C)=O. The molecular formula is C37H62O12Si2. The van der Waals surface area contributed by atoms with E-state index in [0.717, 1.165) is 41.8 Å². The van der Waals surface area contributed by atoms with Crippen LogP contribution < -0.4 is 0 Å². The number of ether oxygens (including phenoxy) is 4. The molecule has 3 fully saturated rings. The molecule has 9 atom stereocenters. The molecule has 0 aromatic carbocycles. The highest BCUT2D eigenvalue weighted by molar-refractivity contribution is 6.74. The lowest BCUT2D eigenvalue weighted by Crippen LogP contribution is -2.77. The van der Waals surface area contributed by atoms with Gasteiger partial charge in [0, 0.05) is 38.0 Å². The van der Waals surface area contributed by atoms with E-state index in [1.807, 2.05) is 41.5 Å². The second kappa shape index (κ2) is 14.6. The van der Waals surface area contributed by atoms with E-state index in [1.54, 1.807) is 6.92 Å². The fraction of sp³-hybridized carbons (Fsp3) is 0.838. The second-order valence-electron chi connectivity index (χ2n) is 16.0. The Morgan fingerprint density at radius 1 is 0.882 bits per heavy atom. The normalized spacial score (nSPS) is 36.3. The lowest BCUT2D eigenvalue weighted by Gasteiger charge is -2.63. The first-order chi connectivity index (χ1) is 23.7. The van der Waals surface area contributed by atoms with Crippen LogP contribution in [0.3, 0.4) is 0 Å². The highest BCUT2D eigenvalue weighted by Gasteiger charge is 2.78. The smallest absolute Gasteiger partial charge is 0.463 e. The minimum atomic E-state index is -2.53. The number of aliphatic hydroxyl groups excluding tert-OH is 1. The number of carbonyl (C=O) groups is 4. The summed E-state index contributed by atoms with van der Waals surface area (Å²) in [6.07, 6.45) is -7.08. The molecule has 0 aromatic rings. The molecule has 2 bridgehead atoms. The highest BCUT2D eigenvalue weighted by Crippen LogP contribution is 2.65. The van der Waals surface area contributed by atoms with Crippen molar-refractivity contribution in [3.05, 3.63) is 11.1 Å². The molecule has 4 aliphatic rings. The standard InChI is InChI=1S/C37H62O12Si2/c1-13-50(14-2,15-3)48-25-20-37-32(46-33(42)47-37)30-35(12,31(41)29(45-24(9)39)28(22(25)7)34(37,10)11)27(49-51(16-4,17-5)18-6)19-26(40)36(30,43)21-44-23(8)38/h25-27,29-30,32,40,43H,13-21H2,1-12H3/t25-,26?,27-,29+,30-,32-,35+,36-,37+/m0/s1. The number of Topliss-reactive ketones (excluding diaryl/α,β-unsaturated/α-hetero) is 1. The molecule has 2 saturated carbocycles. The fourth-order valence-electron chi connectivity index (χ4n) is 9.99. The molecule has 1 heterocycles. The Labute approximate surface area is 305 Å². The lowest BCUT2D eigenvalue weighted by atomic mass is 9.45. The van der Waals surface area contributed by atoms with Crippen molar-refractivity contribution >= 4 is 40.5 Å². The predicted molar refractivity (Wildman–Crippen MR) is 194 cm³/mol. The van der Waals surface area contributed by atoms with Gasteiger partial charge in [0.2, 0.25) is 0 Å². The minimum Gasteiger partial charge on any atom is -0.463 e. The second-order valence-corrected chi connectivity index (χ2v) is 25.5. The van der Waals surface area contributed by atoms with E-state index in [0.29, 0.717) is 5.57 Å². The first kappa shape index (κ1) is 41.6. The number of hydrogen-bond acceptors (Lipinski definition) is 12. The first-order valence-corrected chi connectivity index (χ1v) is 24.0. The van der Waals surface area contributed by atoms with Crippen molar-refractivity contribution in [2.24, 2.45) is 16.7 Å². The first-order valence-electron chi connectivity index (χ1n) is 18.9. The molecular weight excluding hydrogens is 693 g/mol. The van der Waals surface area contributed by atoms with Gasteiger partial charge in [-0.1, -0.05) is 55.4 Å². The third kappa shape index (κ3) is 6.47. The number of hydrogen-bond donors (Lipinski definition) is 2. The third-order valence-corrected chi connectivity index (χ3v) is 23.0. The van der Waals surface area contributed by atoms with Gasteiger partial charge in [0.25, 0.3) is 0 Å². The van der Waals surface area contributed by atoms with Crippen molar-refractivity contribution in [1.29, 1.82) is 0 Å².